The largest absolute Gasteiger partial charge is 0.339 e. The van der Waals surface area contributed by atoms with Gasteiger partial charge < -0.3 is 9.80 Å². The smallest absolute Gasteiger partial charge is 0.236 e. The summed E-state index contributed by atoms with van der Waals surface area (Å²) in [7, 11) is 0. The zero-order chi connectivity index (χ0) is 17.8. The highest BCUT2D eigenvalue weighted by atomic mass is 16.2. The molecule has 1 aliphatic carbocycles. The first-order valence-corrected chi connectivity index (χ1v) is 11.3. The summed E-state index contributed by atoms with van der Waals surface area (Å²) in [5.41, 5.74) is 0. The number of amides is 1. The van der Waals surface area contributed by atoms with Crippen molar-refractivity contribution in [1.82, 2.24) is 19.6 Å². The van der Waals surface area contributed by atoms with Crippen molar-refractivity contribution >= 4 is 5.91 Å². The van der Waals surface area contributed by atoms with Gasteiger partial charge in [0.2, 0.25) is 5.91 Å². The van der Waals surface area contributed by atoms with E-state index in [2.05, 4.69) is 19.6 Å². The third-order valence-electron chi connectivity index (χ3n) is 7.33. The van der Waals surface area contributed by atoms with Crippen molar-refractivity contribution in [3.8, 4) is 0 Å². The number of rotatable bonds is 4. The lowest BCUT2D eigenvalue weighted by Gasteiger charge is -2.41. The molecule has 0 atom stereocenters. The van der Waals surface area contributed by atoms with Crippen LogP contribution in [0.2, 0.25) is 0 Å². The third-order valence-corrected chi connectivity index (χ3v) is 7.33. The Labute approximate surface area is 159 Å². The Morgan fingerprint density at radius 1 is 0.615 bits per heavy atom. The number of piperazine rings is 1. The van der Waals surface area contributed by atoms with E-state index in [1.807, 2.05) is 0 Å². The quantitative estimate of drug-likeness (QED) is 0.765. The van der Waals surface area contributed by atoms with Crippen LogP contribution in [0.15, 0.2) is 0 Å². The van der Waals surface area contributed by atoms with E-state index in [0.717, 1.165) is 51.4 Å². The van der Waals surface area contributed by atoms with Crippen LogP contribution in [0.5, 0.6) is 0 Å². The molecule has 0 bridgehead atoms. The maximum atomic E-state index is 12.7. The Bertz CT molecular complexity index is 443. The van der Waals surface area contributed by atoms with Gasteiger partial charge in [-0.3, -0.25) is 14.6 Å². The van der Waals surface area contributed by atoms with E-state index in [9.17, 15) is 4.79 Å². The zero-order valence-electron chi connectivity index (χ0n) is 16.6. The Hall–Kier alpha value is -0.650. The molecule has 4 aliphatic rings. The first-order valence-electron chi connectivity index (χ1n) is 11.3. The van der Waals surface area contributed by atoms with Gasteiger partial charge >= 0.3 is 0 Å². The summed E-state index contributed by atoms with van der Waals surface area (Å²) in [6, 6.07) is 1.58. The monoisotopic (exact) mass is 362 g/mol. The molecular formula is C21H38N4O. The van der Waals surface area contributed by atoms with E-state index < -0.39 is 0 Å². The van der Waals surface area contributed by atoms with Gasteiger partial charge in [-0.15, -0.1) is 0 Å². The van der Waals surface area contributed by atoms with Crippen LogP contribution < -0.4 is 0 Å². The molecule has 3 aliphatic heterocycles. The lowest BCUT2D eigenvalue weighted by Crippen LogP contribution is -2.54. The zero-order valence-corrected chi connectivity index (χ0v) is 16.6. The van der Waals surface area contributed by atoms with E-state index in [4.69, 9.17) is 0 Å². The maximum absolute atomic E-state index is 12.7. The average Bonchev–Trinajstić information content (AvgIpc) is 3.24. The van der Waals surface area contributed by atoms with E-state index in [1.165, 1.54) is 70.9 Å². The molecule has 0 N–H and O–H groups in total. The number of carbonyl (C=O) groups is 1. The van der Waals surface area contributed by atoms with Crippen molar-refractivity contribution in [2.45, 2.75) is 69.9 Å². The predicted molar refractivity (Wildman–Crippen MR) is 105 cm³/mol. The molecule has 5 heteroatoms. The van der Waals surface area contributed by atoms with Crippen molar-refractivity contribution in [3.63, 3.8) is 0 Å². The molecule has 0 aromatic carbocycles. The fraction of sp³-hybridized carbons (Fsp3) is 0.952. The van der Waals surface area contributed by atoms with Crippen LogP contribution in [0, 0.1) is 0 Å². The lowest BCUT2D eigenvalue weighted by molar-refractivity contribution is -0.135. The first-order chi connectivity index (χ1) is 12.8. The van der Waals surface area contributed by atoms with Crippen LogP contribution >= 0.6 is 0 Å². The van der Waals surface area contributed by atoms with Crippen LogP contribution in [-0.4, -0.2) is 96.5 Å². The molecule has 1 saturated carbocycles. The van der Waals surface area contributed by atoms with Crippen LogP contribution in [0.25, 0.3) is 0 Å². The number of likely N-dealkylation sites (tertiary alicyclic amines) is 2. The van der Waals surface area contributed by atoms with Crippen molar-refractivity contribution < 1.29 is 4.79 Å². The van der Waals surface area contributed by atoms with Crippen LogP contribution in [0.1, 0.15) is 57.8 Å². The highest BCUT2D eigenvalue weighted by Crippen LogP contribution is 2.24. The molecule has 1 amide bonds. The molecule has 3 heterocycles. The summed E-state index contributed by atoms with van der Waals surface area (Å²) in [4.78, 5) is 22.6. The molecular weight excluding hydrogens is 324 g/mol. The first kappa shape index (κ1) is 18.7. The molecule has 0 aromatic heterocycles. The Morgan fingerprint density at radius 3 is 1.85 bits per heavy atom. The summed E-state index contributed by atoms with van der Waals surface area (Å²) < 4.78 is 0. The second-order valence-corrected chi connectivity index (χ2v) is 8.96. The summed E-state index contributed by atoms with van der Waals surface area (Å²) in [5, 5.41) is 0. The molecule has 5 nitrogen and oxygen atoms in total. The number of nitrogens with zero attached hydrogens (tertiary/aromatic N) is 4. The van der Waals surface area contributed by atoms with Gasteiger partial charge in [-0.05, 0) is 51.6 Å². The van der Waals surface area contributed by atoms with Crippen molar-refractivity contribution in [1.29, 1.82) is 0 Å². The molecule has 26 heavy (non-hydrogen) atoms. The van der Waals surface area contributed by atoms with Crippen LogP contribution in [0.4, 0.5) is 0 Å². The third kappa shape index (κ3) is 4.60. The topological polar surface area (TPSA) is 30.0 Å². The molecule has 3 saturated heterocycles. The van der Waals surface area contributed by atoms with E-state index in [0.29, 0.717) is 12.5 Å². The van der Waals surface area contributed by atoms with E-state index >= 15 is 0 Å². The van der Waals surface area contributed by atoms with Crippen molar-refractivity contribution in [3.05, 3.63) is 0 Å². The van der Waals surface area contributed by atoms with Gasteiger partial charge in [-0.2, -0.15) is 0 Å². The van der Waals surface area contributed by atoms with Gasteiger partial charge in [0, 0.05) is 51.4 Å². The number of hydrogen-bond acceptors (Lipinski definition) is 4. The molecule has 0 radical (unpaired) electrons. The highest BCUT2D eigenvalue weighted by molar-refractivity contribution is 5.78. The van der Waals surface area contributed by atoms with Crippen molar-refractivity contribution in [2.24, 2.45) is 0 Å². The Kier molecular flexibility index (Phi) is 6.49. The number of carbonyl (C=O) groups excluding carboxylic acids is 1. The van der Waals surface area contributed by atoms with Gasteiger partial charge in [0.1, 0.15) is 0 Å². The summed E-state index contributed by atoms with van der Waals surface area (Å²) >= 11 is 0. The lowest BCUT2D eigenvalue weighted by atomic mass is 9.94. The fourth-order valence-electron chi connectivity index (χ4n) is 5.62. The van der Waals surface area contributed by atoms with Gasteiger partial charge in [0.15, 0.2) is 0 Å². The van der Waals surface area contributed by atoms with Gasteiger partial charge in [0.05, 0.1) is 6.54 Å². The minimum atomic E-state index is 0.368. The highest BCUT2D eigenvalue weighted by Gasteiger charge is 2.30. The predicted octanol–water partition coefficient (Wildman–Crippen LogP) is 2.02. The average molecular weight is 363 g/mol. The van der Waals surface area contributed by atoms with E-state index in [1.54, 1.807) is 0 Å². The molecule has 0 spiro atoms. The standard InChI is InChI=1S/C21H38N4O/c26-21(18-22-12-8-20(9-13-22)23-10-4-5-11-23)25-16-14-24(15-17-25)19-6-2-1-3-7-19/h19-20H,1-18H2. The molecule has 4 fully saturated rings. The minimum absolute atomic E-state index is 0.368. The van der Waals surface area contributed by atoms with Crippen LogP contribution in [-0.2, 0) is 4.79 Å². The second-order valence-electron chi connectivity index (χ2n) is 8.96. The summed E-state index contributed by atoms with van der Waals surface area (Å²) in [6.07, 6.45) is 12.2. The normalized spacial score (nSPS) is 28.7. The Balaban J connectivity index is 1.16. The van der Waals surface area contributed by atoms with Crippen LogP contribution in [0.3, 0.4) is 0 Å². The summed E-state index contributed by atoms with van der Waals surface area (Å²) in [6.45, 7) is 9.53. The number of piperidine rings is 1. The van der Waals surface area contributed by atoms with Gasteiger partial charge in [-0.1, -0.05) is 19.3 Å². The fourth-order valence-corrected chi connectivity index (χ4v) is 5.62. The number of hydrogen-bond donors (Lipinski definition) is 0. The second kappa shape index (κ2) is 9.03. The molecule has 0 unspecified atom stereocenters. The molecule has 0 aromatic rings. The van der Waals surface area contributed by atoms with Crippen molar-refractivity contribution in [2.75, 3.05) is 58.9 Å². The van der Waals surface area contributed by atoms with Gasteiger partial charge in [0.25, 0.3) is 0 Å². The summed E-state index contributed by atoms with van der Waals surface area (Å²) in [5.74, 6) is 0.368. The van der Waals surface area contributed by atoms with Gasteiger partial charge in [-0.25, -0.2) is 0 Å². The minimum Gasteiger partial charge on any atom is -0.339 e. The Morgan fingerprint density at radius 2 is 1.19 bits per heavy atom. The van der Waals surface area contributed by atoms with E-state index in [-0.39, 0.29) is 0 Å². The SMILES string of the molecule is O=C(CN1CCC(N2CCCC2)CC1)N1CCN(C2CCCCC2)CC1. The molecule has 148 valence electrons. The molecule has 4 rings (SSSR count). The maximum Gasteiger partial charge on any atom is 0.236 e.